The summed E-state index contributed by atoms with van der Waals surface area (Å²) in [6.45, 7) is 4.01. The van der Waals surface area contributed by atoms with Crippen LogP contribution < -0.4 is 5.32 Å². The molecule has 0 bridgehead atoms. The van der Waals surface area contributed by atoms with Crippen LogP contribution in [-0.4, -0.2) is 16.9 Å². The molecule has 1 aliphatic rings. The first-order valence-corrected chi connectivity index (χ1v) is 6.82. The molecule has 98 valence electrons. The molecular weight excluding hydrogens is 236 g/mol. The van der Waals surface area contributed by atoms with Crippen LogP contribution in [0.3, 0.4) is 0 Å². The number of aryl methyl sites for hydroxylation is 1. The number of nitrogens with zero attached hydrogens (tertiary/aromatic N) is 1. The van der Waals surface area contributed by atoms with Gasteiger partial charge >= 0.3 is 0 Å². The molecule has 1 aromatic carbocycles. The first-order chi connectivity index (χ1) is 9.15. The lowest BCUT2D eigenvalue weighted by atomic mass is 10.1. The van der Waals surface area contributed by atoms with Gasteiger partial charge in [0.1, 0.15) is 0 Å². The Bertz CT molecular complexity index is 632. The van der Waals surface area contributed by atoms with Gasteiger partial charge in [-0.05, 0) is 44.7 Å². The zero-order chi connectivity index (χ0) is 13.4. The fourth-order valence-electron chi connectivity index (χ4n) is 2.49. The highest BCUT2D eigenvalue weighted by molar-refractivity contribution is 6.06. The van der Waals surface area contributed by atoms with Crippen LogP contribution in [0.2, 0.25) is 0 Å². The van der Waals surface area contributed by atoms with Crippen LogP contribution in [0.15, 0.2) is 30.3 Å². The zero-order valence-electron chi connectivity index (χ0n) is 11.3. The second-order valence-corrected chi connectivity index (χ2v) is 5.43. The fraction of sp³-hybridized carbons (Fsp3) is 0.375. The number of pyridine rings is 1. The minimum atomic E-state index is 0.0149. The number of hydrogen-bond donors (Lipinski definition) is 1. The van der Waals surface area contributed by atoms with Crippen molar-refractivity contribution in [2.75, 3.05) is 0 Å². The number of benzene rings is 1. The Morgan fingerprint density at radius 2 is 2.11 bits per heavy atom. The maximum atomic E-state index is 12.4. The van der Waals surface area contributed by atoms with Gasteiger partial charge in [0.25, 0.3) is 5.91 Å². The summed E-state index contributed by atoms with van der Waals surface area (Å²) in [4.78, 5) is 16.9. The van der Waals surface area contributed by atoms with Crippen molar-refractivity contribution in [2.24, 2.45) is 5.92 Å². The summed E-state index contributed by atoms with van der Waals surface area (Å²) in [5.74, 6) is 0.680. The molecule has 0 saturated heterocycles. The lowest BCUT2D eigenvalue weighted by molar-refractivity contribution is 0.0937. The van der Waals surface area contributed by atoms with Crippen molar-refractivity contribution in [3.05, 3.63) is 41.6 Å². The SMILES string of the molecule is Cc1cc(C(=O)NC(C)C2CC2)c2ccccc2n1. The van der Waals surface area contributed by atoms with Crippen LogP contribution >= 0.6 is 0 Å². The quantitative estimate of drug-likeness (QED) is 0.914. The van der Waals surface area contributed by atoms with Crippen molar-refractivity contribution in [2.45, 2.75) is 32.7 Å². The van der Waals surface area contributed by atoms with Gasteiger partial charge in [-0.3, -0.25) is 9.78 Å². The van der Waals surface area contributed by atoms with Gasteiger partial charge in [0.05, 0.1) is 11.1 Å². The van der Waals surface area contributed by atoms with Gasteiger partial charge in [-0.25, -0.2) is 0 Å². The van der Waals surface area contributed by atoms with Gasteiger partial charge in [-0.1, -0.05) is 18.2 Å². The second-order valence-electron chi connectivity index (χ2n) is 5.43. The van der Waals surface area contributed by atoms with Crippen molar-refractivity contribution in [3.8, 4) is 0 Å². The van der Waals surface area contributed by atoms with Crippen molar-refractivity contribution in [3.63, 3.8) is 0 Å². The molecule has 1 fully saturated rings. The van der Waals surface area contributed by atoms with E-state index >= 15 is 0 Å². The lowest BCUT2D eigenvalue weighted by Crippen LogP contribution is -2.34. The Hall–Kier alpha value is -1.90. The Balaban J connectivity index is 1.96. The molecule has 0 spiro atoms. The molecular formula is C16H18N2O. The molecule has 19 heavy (non-hydrogen) atoms. The van der Waals surface area contributed by atoms with E-state index in [1.807, 2.05) is 37.3 Å². The van der Waals surface area contributed by atoms with E-state index in [-0.39, 0.29) is 11.9 Å². The largest absolute Gasteiger partial charge is 0.349 e. The topological polar surface area (TPSA) is 42.0 Å². The van der Waals surface area contributed by atoms with Gasteiger partial charge < -0.3 is 5.32 Å². The predicted octanol–water partition coefficient (Wildman–Crippen LogP) is 3.07. The number of aromatic nitrogens is 1. The van der Waals surface area contributed by atoms with Crippen LogP contribution in [0, 0.1) is 12.8 Å². The highest BCUT2D eigenvalue weighted by Gasteiger charge is 2.29. The molecule has 1 atom stereocenters. The maximum Gasteiger partial charge on any atom is 0.252 e. The van der Waals surface area contributed by atoms with Crippen LogP contribution in [0.25, 0.3) is 10.9 Å². The molecule has 1 unspecified atom stereocenters. The Kier molecular flexibility index (Phi) is 2.97. The summed E-state index contributed by atoms with van der Waals surface area (Å²) in [5, 5.41) is 4.04. The van der Waals surface area contributed by atoms with Gasteiger partial charge in [-0.2, -0.15) is 0 Å². The van der Waals surface area contributed by atoms with Crippen molar-refractivity contribution >= 4 is 16.8 Å². The number of carbonyl (C=O) groups is 1. The molecule has 1 aromatic heterocycles. The number of amides is 1. The van der Waals surface area contributed by atoms with Crippen LogP contribution in [0.5, 0.6) is 0 Å². The van der Waals surface area contributed by atoms with Gasteiger partial charge in [0.2, 0.25) is 0 Å². The van der Waals surface area contributed by atoms with E-state index in [1.54, 1.807) is 0 Å². The van der Waals surface area contributed by atoms with E-state index in [0.29, 0.717) is 5.92 Å². The Morgan fingerprint density at radius 1 is 1.37 bits per heavy atom. The number of fused-ring (bicyclic) bond motifs is 1. The minimum Gasteiger partial charge on any atom is -0.349 e. The molecule has 3 rings (SSSR count). The minimum absolute atomic E-state index is 0.0149. The normalized spacial score (nSPS) is 16.3. The third-order valence-electron chi connectivity index (χ3n) is 3.78. The summed E-state index contributed by atoms with van der Waals surface area (Å²) in [5.41, 5.74) is 2.49. The van der Waals surface area contributed by atoms with E-state index in [1.165, 1.54) is 12.8 Å². The summed E-state index contributed by atoms with van der Waals surface area (Å²) >= 11 is 0. The van der Waals surface area contributed by atoms with Gasteiger partial charge in [-0.15, -0.1) is 0 Å². The third-order valence-corrected chi connectivity index (χ3v) is 3.78. The fourth-order valence-corrected chi connectivity index (χ4v) is 2.49. The van der Waals surface area contributed by atoms with E-state index in [0.717, 1.165) is 22.2 Å². The van der Waals surface area contributed by atoms with Crippen molar-refractivity contribution in [1.82, 2.24) is 10.3 Å². The van der Waals surface area contributed by atoms with E-state index < -0.39 is 0 Å². The average Bonchev–Trinajstić information content (AvgIpc) is 3.21. The van der Waals surface area contributed by atoms with Crippen LogP contribution in [0.1, 0.15) is 35.8 Å². The summed E-state index contributed by atoms with van der Waals surface area (Å²) in [7, 11) is 0. The molecule has 3 heteroatoms. The standard InChI is InChI=1S/C16H18N2O/c1-10-9-14(13-5-3-4-6-15(13)17-10)16(19)18-11(2)12-7-8-12/h3-6,9,11-12H,7-8H2,1-2H3,(H,18,19). The Morgan fingerprint density at radius 3 is 2.84 bits per heavy atom. The summed E-state index contributed by atoms with van der Waals surface area (Å²) < 4.78 is 0. The lowest BCUT2D eigenvalue weighted by Gasteiger charge is -2.14. The molecule has 0 radical (unpaired) electrons. The number of nitrogens with one attached hydrogen (secondary N) is 1. The molecule has 1 amide bonds. The second kappa shape index (κ2) is 4.65. The van der Waals surface area contributed by atoms with Crippen molar-refractivity contribution < 1.29 is 4.79 Å². The first-order valence-electron chi connectivity index (χ1n) is 6.82. The number of hydrogen-bond acceptors (Lipinski definition) is 2. The third kappa shape index (κ3) is 2.46. The molecule has 1 saturated carbocycles. The molecule has 2 aromatic rings. The van der Waals surface area contributed by atoms with Crippen LogP contribution in [-0.2, 0) is 0 Å². The zero-order valence-corrected chi connectivity index (χ0v) is 11.3. The smallest absolute Gasteiger partial charge is 0.252 e. The van der Waals surface area contributed by atoms with Gasteiger partial charge in [0.15, 0.2) is 0 Å². The highest BCUT2D eigenvalue weighted by atomic mass is 16.1. The van der Waals surface area contributed by atoms with E-state index in [2.05, 4.69) is 17.2 Å². The Labute approximate surface area is 113 Å². The molecule has 1 N–H and O–H groups in total. The first kappa shape index (κ1) is 12.2. The number of carbonyl (C=O) groups excluding carboxylic acids is 1. The average molecular weight is 254 g/mol. The molecule has 1 aliphatic carbocycles. The summed E-state index contributed by atoms with van der Waals surface area (Å²) in [6, 6.07) is 9.93. The highest BCUT2D eigenvalue weighted by Crippen LogP contribution is 2.32. The molecule has 0 aliphatic heterocycles. The van der Waals surface area contributed by atoms with E-state index in [9.17, 15) is 4.79 Å². The van der Waals surface area contributed by atoms with E-state index in [4.69, 9.17) is 0 Å². The number of para-hydroxylation sites is 1. The summed E-state index contributed by atoms with van der Waals surface area (Å²) in [6.07, 6.45) is 2.47. The van der Waals surface area contributed by atoms with Gasteiger partial charge in [0, 0.05) is 17.1 Å². The van der Waals surface area contributed by atoms with Crippen molar-refractivity contribution in [1.29, 1.82) is 0 Å². The number of rotatable bonds is 3. The predicted molar refractivity (Wildman–Crippen MR) is 76.1 cm³/mol. The maximum absolute atomic E-state index is 12.4. The molecule has 1 heterocycles. The molecule has 3 nitrogen and oxygen atoms in total. The van der Waals surface area contributed by atoms with Crippen LogP contribution in [0.4, 0.5) is 0 Å². The monoisotopic (exact) mass is 254 g/mol.